The summed E-state index contributed by atoms with van der Waals surface area (Å²) in [6.07, 6.45) is -0.738. The number of hydrogen-bond donors (Lipinski definition) is 0. The van der Waals surface area contributed by atoms with Crippen LogP contribution in [0.25, 0.3) is 0 Å². The molecular weight excluding hydrogens is 527 g/mol. The highest BCUT2D eigenvalue weighted by Gasteiger charge is 2.66. The molecule has 0 N–H and O–H groups in total. The van der Waals surface area contributed by atoms with Gasteiger partial charge in [-0.15, -0.1) is 0 Å². The number of esters is 1. The number of carbonyl (C=O) groups is 1. The molecule has 4 aromatic rings. The van der Waals surface area contributed by atoms with E-state index < -0.39 is 30.5 Å². The Morgan fingerprint density at radius 2 is 0.952 bits per heavy atom. The van der Waals surface area contributed by atoms with Gasteiger partial charge >= 0.3 is 13.1 Å². The van der Waals surface area contributed by atoms with Crippen molar-refractivity contribution in [3.8, 4) is 0 Å². The van der Waals surface area contributed by atoms with Crippen LogP contribution < -0.4 is 0 Å². The lowest BCUT2D eigenvalue weighted by molar-refractivity contribution is -0.142. The molecule has 1 saturated carbocycles. The second-order valence-electron chi connectivity index (χ2n) is 10.9. The maximum atomic E-state index is 12.5. The van der Waals surface area contributed by atoms with E-state index in [1.54, 1.807) is 14.2 Å². The lowest BCUT2D eigenvalue weighted by atomic mass is 9.71. The van der Waals surface area contributed by atoms with Gasteiger partial charge in [-0.05, 0) is 28.7 Å². The highest BCUT2D eigenvalue weighted by Crippen LogP contribution is 2.56. The third kappa shape index (κ3) is 4.67. The lowest BCUT2D eigenvalue weighted by Crippen LogP contribution is -2.56. The standard InChI is InChI=1S/C35H35BO6/c1-38-33(37)29-24-30(29)36-41-31(34(39-2,25-16-8-4-9-17-25)26-18-10-5-11-19-26)32(42-36)35(40-3,27-20-12-6-13-21-27)28-22-14-7-15-23-28/h4-23,29-32H,24H2,1-3H3/t29-,30-,31+,32+/m0/s1. The van der Waals surface area contributed by atoms with Gasteiger partial charge in [-0.3, -0.25) is 4.79 Å². The molecule has 4 atom stereocenters. The van der Waals surface area contributed by atoms with E-state index in [4.69, 9.17) is 23.5 Å². The van der Waals surface area contributed by atoms with Crippen LogP contribution in [0.1, 0.15) is 28.7 Å². The van der Waals surface area contributed by atoms with Crippen molar-refractivity contribution in [3.05, 3.63) is 144 Å². The van der Waals surface area contributed by atoms with E-state index in [1.165, 1.54) is 7.11 Å². The minimum atomic E-state index is -1.08. The van der Waals surface area contributed by atoms with Crippen molar-refractivity contribution in [1.29, 1.82) is 0 Å². The number of hydrogen-bond acceptors (Lipinski definition) is 6. The Labute approximate surface area is 247 Å². The molecule has 2 fully saturated rings. The molecule has 4 aromatic carbocycles. The first-order chi connectivity index (χ1) is 20.6. The molecule has 6 nitrogen and oxygen atoms in total. The Morgan fingerprint density at radius 3 is 1.24 bits per heavy atom. The summed E-state index contributed by atoms with van der Waals surface area (Å²) in [5, 5.41) is 0. The van der Waals surface area contributed by atoms with Crippen LogP contribution in [0, 0.1) is 5.92 Å². The van der Waals surface area contributed by atoms with Crippen molar-refractivity contribution in [2.75, 3.05) is 21.3 Å². The van der Waals surface area contributed by atoms with E-state index >= 15 is 0 Å². The Kier molecular flexibility index (Phi) is 8.01. The summed E-state index contributed by atoms with van der Waals surface area (Å²) in [5.74, 6) is -0.678. The molecule has 0 bridgehead atoms. The number of carbonyl (C=O) groups excluding carboxylic acids is 1. The summed E-state index contributed by atoms with van der Waals surface area (Å²) >= 11 is 0. The highest BCUT2D eigenvalue weighted by molar-refractivity contribution is 6.49. The Hall–Kier alpha value is -3.75. The molecule has 7 heteroatoms. The fourth-order valence-corrected chi connectivity index (χ4v) is 6.66. The topological polar surface area (TPSA) is 63.2 Å². The zero-order valence-corrected chi connectivity index (χ0v) is 24.1. The quantitative estimate of drug-likeness (QED) is 0.175. The van der Waals surface area contributed by atoms with Gasteiger partial charge in [0.1, 0.15) is 23.4 Å². The number of benzene rings is 4. The molecule has 1 aliphatic carbocycles. The fraction of sp³-hybridized carbons (Fsp3) is 0.286. The van der Waals surface area contributed by atoms with Gasteiger partial charge in [-0.25, -0.2) is 0 Å². The molecule has 0 aromatic heterocycles. The van der Waals surface area contributed by atoms with Crippen molar-refractivity contribution in [2.24, 2.45) is 5.92 Å². The molecular formula is C35H35BO6. The number of rotatable bonds is 10. The monoisotopic (exact) mass is 562 g/mol. The summed E-state index contributed by atoms with van der Waals surface area (Å²) in [6, 6.07) is 40.4. The maximum absolute atomic E-state index is 12.5. The average molecular weight is 562 g/mol. The van der Waals surface area contributed by atoms with Gasteiger partial charge < -0.3 is 23.5 Å². The summed E-state index contributed by atoms with van der Waals surface area (Å²) in [6.45, 7) is 0. The molecule has 6 rings (SSSR count). The van der Waals surface area contributed by atoms with Gasteiger partial charge in [-0.1, -0.05) is 121 Å². The van der Waals surface area contributed by atoms with Crippen molar-refractivity contribution in [3.63, 3.8) is 0 Å². The predicted octanol–water partition coefficient (Wildman–Crippen LogP) is 6.00. The first-order valence-electron chi connectivity index (χ1n) is 14.3. The Balaban J connectivity index is 1.59. The normalized spacial score (nSPS) is 22.1. The van der Waals surface area contributed by atoms with Gasteiger partial charge in [-0.2, -0.15) is 0 Å². The first kappa shape index (κ1) is 28.4. The molecule has 0 amide bonds. The summed E-state index contributed by atoms with van der Waals surface area (Å²) in [4.78, 5) is 12.5. The summed E-state index contributed by atoms with van der Waals surface area (Å²) in [7, 11) is 4.16. The molecule has 1 heterocycles. The van der Waals surface area contributed by atoms with Crippen molar-refractivity contribution < 1.29 is 28.3 Å². The molecule has 42 heavy (non-hydrogen) atoms. The maximum Gasteiger partial charge on any atom is 0.461 e. The average Bonchev–Trinajstić information content (AvgIpc) is 3.75. The molecule has 2 aliphatic rings. The molecule has 214 valence electrons. The van der Waals surface area contributed by atoms with Crippen LogP contribution in [0.5, 0.6) is 0 Å². The van der Waals surface area contributed by atoms with Crippen LogP contribution in [-0.4, -0.2) is 46.6 Å². The van der Waals surface area contributed by atoms with E-state index in [0.29, 0.717) is 6.42 Å². The fourth-order valence-electron chi connectivity index (χ4n) is 6.66. The van der Waals surface area contributed by atoms with E-state index in [0.717, 1.165) is 22.3 Å². The Morgan fingerprint density at radius 1 is 0.619 bits per heavy atom. The summed E-state index contributed by atoms with van der Waals surface area (Å²) in [5.41, 5.74) is 1.53. The molecule has 1 aliphatic heterocycles. The second kappa shape index (κ2) is 11.9. The van der Waals surface area contributed by atoms with Crippen LogP contribution in [0.4, 0.5) is 0 Å². The van der Waals surface area contributed by atoms with Crippen LogP contribution >= 0.6 is 0 Å². The van der Waals surface area contributed by atoms with Crippen LogP contribution in [-0.2, 0) is 39.5 Å². The zero-order chi connectivity index (χ0) is 29.2. The largest absolute Gasteiger partial charge is 0.469 e. The minimum absolute atomic E-state index is 0.146. The van der Waals surface area contributed by atoms with Crippen molar-refractivity contribution >= 4 is 13.1 Å². The van der Waals surface area contributed by atoms with Gasteiger partial charge in [0.15, 0.2) is 0 Å². The van der Waals surface area contributed by atoms with Gasteiger partial charge in [0, 0.05) is 20.0 Å². The van der Waals surface area contributed by atoms with E-state index in [9.17, 15) is 4.79 Å². The Bertz CT molecular complexity index is 1290. The SMILES string of the molecule is COC(=O)[C@H]1C[C@@H]1B1O[C@@H](C(OC)(c2ccccc2)c2ccccc2)[C@H](C(OC)(c2ccccc2)c2ccccc2)O1. The van der Waals surface area contributed by atoms with E-state index in [1.807, 2.05) is 72.8 Å². The van der Waals surface area contributed by atoms with Crippen LogP contribution in [0.15, 0.2) is 121 Å². The van der Waals surface area contributed by atoms with Crippen molar-refractivity contribution in [2.45, 2.75) is 35.6 Å². The zero-order valence-electron chi connectivity index (χ0n) is 24.1. The number of ether oxygens (including phenoxy) is 3. The van der Waals surface area contributed by atoms with Crippen LogP contribution in [0.3, 0.4) is 0 Å². The number of methoxy groups -OCH3 is 3. The molecule has 0 spiro atoms. The summed E-state index contributed by atoms with van der Waals surface area (Å²) < 4.78 is 32.3. The molecule has 0 unspecified atom stereocenters. The third-order valence-electron chi connectivity index (χ3n) is 8.79. The van der Waals surface area contributed by atoms with Gasteiger partial charge in [0.2, 0.25) is 0 Å². The lowest BCUT2D eigenvalue weighted by Gasteiger charge is -2.47. The minimum Gasteiger partial charge on any atom is -0.469 e. The van der Waals surface area contributed by atoms with E-state index in [2.05, 4.69) is 48.5 Å². The van der Waals surface area contributed by atoms with E-state index in [-0.39, 0.29) is 17.7 Å². The first-order valence-corrected chi connectivity index (χ1v) is 14.3. The smallest absolute Gasteiger partial charge is 0.461 e. The van der Waals surface area contributed by atoms with Crippen molar-refractivity contribution in [1.82, 2.24) is 0 Å². The van der Waals surface area contributed by atoms with Gasteiger partial charge in [0.25, 0.3) is 0 Å². The molecule has 0 radical (unpaired) electrons. The van der Waals surface area contributed by atoms with Crippen LogP contribution in [0.2, 0.25) is 5.82 Å². The van der Waals surface area contributed by atoms with Gasteiger partial charge in [0.05, 0.1) is 13.0 Å². The second-order valence-corrected chi connectivity index (χ2v) is 10.9. The molecule has 1 saturated heterocycles. The third-order valence-corrected chi connectivity index (χ3v) is 8.79. The highest BCUT2D eigenvalue weighted by atomic mass is 16.7. The predicted molar refractivity (Wildman–Crippen MR) is 161 cm³/mol.